The van der Waals surface area contributed by atoms with Gasteiger partial charge in [-0.05, 0) is 18.6 Å². The van der Waals surface area contributed by atoms with Crippen LogP contribution in [0.3, 0.4) is 0 Å². The first kappa shape index (κ1) is 16.4. The number of aryl methyl sites for hydroxylation is 1. The van der Waals surface area contributed by atoms with Crippen molar-refractivity contribution in [1.29, 1.82) is 0 Å². The Morgan fingerprint density at radius 2 is 2.27 bits per heavy atom. The summed E-state index contributed by atoms with van der Waals surface area (Å²) in [6.07, 6.45) is 3.34. The van der Waals surface area contributed by atoms with E-state index in [1.165, 1.54) is 18.2 Å². The van der Waals surface area contributed by atoms with Crippen LogP contribution in [0.5, 0.6) is 0 Å². The van der Waals surface area contributed by atoms with Crippen molar-refractivity contribution in [1.82, 2.24) is 15.1 Å². The lowest BCUT2D eigenvalue weighted by Crippen LogP contribution is -2.34. The van der Waals surface area contributed by atoms with E-state index in [4.69, 9.17) is 11.6 Å². The Kier molecular flexibility index (Phi) is 4.80. The molecule has 0 saturated heterocycles. The maximum Gasteiger partial charge on any atom is 0.269 e. The molecule has 0 bridgehead atoms. The van der Waals surface area contributed by atoms with Gasteiger partial charge in [-0.25, -0.2) is 0 Å². The quantitative estimate of drug-likeness (QED) is 0.626. The fourth-order valence-electron chi connectivity index (χ4n) is 2.05. The van der Waals surface area contributed by atoms with E-state index in [1.807, 2.05) is 0 Å². The molecular formula is C14H17ClN4O3. The molecule has 2 N–H and O–H groups in total. The summed E-state index contributed by atoms with van der Waals surface area (Å²) in [6, 6.07) is 4.28. The van der Waals surface area contributed by atoms with Gasteiger partial charge in [0.15, 0.2) is 0 Å². The van der Waals surface area contributed by atoms with Crippen LogP contribution in [0.1, 0.15) is 18.1 Å². The lowest BCUT2D eigenvalue weighted by Gasteiger charge is -2.22. The van der Waals surface area contributed by atoms with Crippen LogP contribution in [0.25, 0.3) is 0 Å². The van der Waals surface area contributed by atoms with Crippen molar-refractivity contribution in [2.75, 3.05) is 6.54 Å². The van der Waals surface area contributed by atoms with Gasteiger partial charge in [-0.1, -0.05) is 11.6 Å². The molecule has 0 saturated carbocycles. The van der Waals surface area contributed by atoms with Crippen LogP contribution in [0.15, 0.2) is 30.6 Å². The number of nitrogens with zero attached hydrogens (tertiary/aromatic N) is 3. The monoisotopic (exact) mass is 324 g/mol. The van der Waals surface area contributed by atoms with Gasteiger partial charge in [0.1, 0.15) is 5.60 Å². The van der Waals surface area contributed by atoms with Crippen molar-refractivity contribution in [3.63, 3.8) is 0 Å². The maximum absolute atomic E-state index is 10.8. The van der Waals surface area contributed by atoms with Gasteiger partial charge in [-0.15, -0.1) is 0 Å². The average Bonchev–Trinajstić information content (AvgIpc) is 2.88. The fraction of sp³-hybridized carbons (Fsp3) is 0.357. The van der Waals surface area contributed by atoms with Crippen molar-refractivity contribution in [3.05, 3.63) is 56.9 Å². The summed E-state index contributed by atoms with van der Waals surface area (Å²) in [5.74, 6) is 0. The molecule has 0 aliphatic rings. The zero-order chi connectivity index (χ0) is 16.3. The summed E-state index contributed by atoms with van der Waals surface area (Å²) in [5.41, 5.74) is 0.187. The van der Waals surface area contributed by atoms with E-state index in [0.29, 0.717) is 22.7 Å². The first-order valence-electron chi connectivity index (χ1n) is 6.64. The standard InChI is InChI=1S/C14H17ClN4O3/c1-14(20,11-7-17-18(2)8-11)9-16-6-10-5-12(19(21)22)3-4-13(10)15/h3-5,7-8,16,20H,6,9H2,1-2H3. The van der Waals surface area contributed by atoms with E-state index in [2.05, 4.69) is 10.4 Å². The fourth-order valence-corrected chi connectivity index (χ4v) is 2.24. The maximum atomic E-state index is 10.8. The Morgan fingerprint density at radius 1 is 1.55 bits per heavy atom. The zero-order valence-corrected chi connectivity index (χ0v) is 13.0. The second-order valence-electron chi connectivity index (χ2n) is 5.31. The Bertz CT molecular complexity index is 684. The molecule has 2 aromatic rings. The molecule has 22 heavy (non-hydrogen) atoms. The molecule has 0 radical (unpaired) electrons. The smallest absolute Gasteiger partial charge is 0.269 e. The van der Waals surface area contributed by atoms with E-state index < -0.39 is 10.5 Å². The predicted octanol–water partition coefficient (Wildman–Crippen LogP) is 1.98. The summed E-state index contributed by atoms with van der Waals surface area (Å²) in [6.45, 7) is 2.25. The van der Waals surface area contributed by atoms with Crippen LogP contribution in [-0.4, -0.2) is 26.4 Å². The van der Waals surface area contributed by atoms with Crippen molar-refractivity contribution in [2.24, 2.45) is 7.05 Å². The lowest BCUT2D eigenvalue weighted by atomic mass is 9.99. The molecule has 118 valence electrons. The number of benzene rings is 1. The Balaban J connectivity index is 2.01. The molecule has 1 aromatic heterocycles. The van der Waals surface area contributed by atoms with Gasteiger partial charge in [0.25, 0.3) is 5.69 Å². The third kappa shape index (κ3) is 3.82. The summed E-state index contributed by atoms with van der Waals surface area (Å²) in [5, 5.41) is 28.7. The number of nitro groups is 1. The van der Waals surface area contributed by atoms with Crippen LogP contribution >= 0.6 is 11.6 Å². The summed E-state index contributed by atoms with van der Waals surface area (Å²) < 4.78 is 1.61. The van der Waals surface area contributed by atoms with Gasteiger partial charge in [0.2, 0.25) is 0 Å². The van der Waals surface area contributed by atoms with Crippen molar-refractivity contribution >= 4 is 17.3 Å². The first-order chi connectivity index (χ1) is 10.3. The van der Waals surface area contributed by atoms with E-state index in [9.17, 15) is 15.2 Å². The van der Waals surface area contributed by atoms with Crippen LogP contribution < -0.4 is 5.32 Å². The molecule has 7 nitrogen and oxygen atoms in total. The van der Waals surface area contributed by atoms with Gasteiger partial charge in [-0.3, -0.25) is 14.8 Å². The highest BCUT2D eigenvalue weighted by molar-refractivity contribution is 6.31. The van der Waals surface area contributed by atoms with Crippen molar-refractivity contribution in [2.45, 2.75) is 19.1 Å². The molecule has 0 spiro atoms. The van der Waals surface area contributed by atoms with Crippen molar-refractivity contribution < 1.29 is 10.0 Å². The molecule has 0 aliphatic carbocycles. The Hall–Kier alpha value is -1.96. The normalized spacial score (nSPS) is 13.8. The number of nitro benzene ring substituents is 1. The topological polar surface area (TPSA) is 93.2 Å². The number of aliphatic hydroxyl groups is 1. The van der Waals surface area contributed by atoms with E-state index in [-0.39, 0.29) is 12.2 Å². The van der Waals surface area contributed by atoms with Crippen LogP contribution in [0.4, 0.5) is 5.69 Å². The molecule has 1 aromatic carbocycles. The third-order valence-electron chi connectivity index (χ3n) is 3.35. The molecule has 1 atom stereocenters. The summed E-state index contributed by atoms with van der Waals surface area (Å²) in [7, 11) is 1.77. The number of rotatable bonds is 6. The average molecular weight is 325 g/mol. The number of aromatic nitrogens is 2. The number of non-ortho nitro benzene ring substituents is 1. The van der Waals surface area contributed by atoms with Crippen molar-refractivity contribution in [3.8, 4) is 0 Å². The largest absolute Gasteiger partial charge is 0.384 e. The minimum absolute atomic E-state index is 0.0137. The van der Waals surface area contributed by atoms with Crippen LogP contribution in [0.2, 0.25) is 5.02 Å². The molecule has 1 heterocycles. The first-order valence-corrected chi connectivity index (χ1v) is 7.02. The lowest BCUT2D eigenvalue weighted by molar-refractivity contribution is -0.384. The zero-order valence-electron chi connectivity index (χ0n) is 12.3. The molecular weight excluding hydrogens is 308 g/mol. The van der Waals surface area contributed by atoms with E-state index >= 15 is 0 Å². The number of hydrogen-bond donors (Lipinski definition) is 2. The minimum atomic E-state index is -1.10. The second-order valence-corrected chi connectivity index (χ2v) is 5.72. The van der Waals surface area contributed by atoms with Gasteiger partial charge >= 0.3 is 0 Å². The van der Waals surface area contributed by atoms with E-state index in [0.717, 1.165) is 0 Å². The van der Waals surface area contributed by atoms with Gasteiger partial charge in [0.05, 0.1) is 11.1 Å². The van der Waals surface area contributed by atoms with E-state index in [1.54, 1.807) is 31.0 Å². The highest BCUT2D eigenvalue weighted by atomic mass is 35.5. The number of halogens is 1. The van der Waals surface area contributed by atoms with Gasteiger partial charge < -0.3 is 10.4 Å². The molecule has 1 unspecified atom stereocenters. The van der Waals surface area contributed by atoms with Crippen LogP contribution in [0, 0.1) is 10.1 Å². The SMILES string of the molecule is Cn1cc(C(C)(O)CNCc2cc([N+](=O)[O-])ccc2Cl)cn1. The van der Waals surface area contributed by atoms with Gasteiger partial charge in [-0.2, -0.15) is 5.10 Å². The molecule has 2 rings (SSSR count). The highest BCUT2D eigenvalue weighted by Gasteiger charge is 2.24. The van der Waals surface area contributed by atoms with Crippen LogP contribution in [-0.2, 0) is 19.2 Å². The second kappa shape index (κ2) is 6.43. The Labute approximate surface area is 132 Å². The van der Waals surface area contributed by atoms with Gasteiger partial charge in [0, 0.05) is 49.1 Å². The summed E-state index contributed by atoms with van der Waals surface area (Å²) >= 11 is 6.03. The third-order valence-corrected chi connectivity index (χ3v) is 3.72. The number of hydrogen-bond acceptors (Lipinski definition) is 5. The molecule has 0 aliphatic heterocycles. The Morgan fingerprint density at radius 3 is 2.86 bits per heavy atom. The molecule has 0 amide bonds. The molecule has 8 heteroatoms. The minimum Gasteiger partial charge on any atom is -0.384 e. The number of nitrogens with one attached hydrogen (secondary N) is 1. The highest BCUT2D eigenvalue weighted by Crippen LogP contribution is 2.23. The molecule has 0 fully saturated rings. The predicted molar refractivity (Wildman–Crippen MR) is 82.6 cm³/mol. The summed E-state index contributed by atoms with van der Waals surface area (Å²) in [4.78, 5) is 10.3.